The van der Waals surface area contributed by atoms with Crippen LogP contribution in [-0.4, -0.2) is 32.0 Å². The number of rotatable bonds is 7. The van der Waals surface area contributed by atoms with E-state index in [4.69, 9.17) is 15.3 Å². The van der Waals surface area contributed by atoms with Crippen molar-refractivity contribution < 1.29 is 9.47 Å². The van der Waals surface area contributed by atoms with Crippen LogP contribution in [0, 0.1) is 0 Å². The molecule has 0 radical (unpaired) electrons. The Morgan fingerprint density at radius 2 is 2.40 bits per heavy atom. The lowest BCUT2D eigenvalue weighted by Gasteiger charge is -2.20. The number of ether oxygens (including phenoxy) is 2. The lowest BCUT2D eigenvalue weighted by Crippen LogP contribution is -2.38. The molecule has 3 atom stereocenters. The molecule has 1 aliphatic heterocycles. The second-order valence-electron chi connectivity index (χ2n) is 4.36. The second-order valence-corrected chi connectivity index (χ2v) is 4.36. The minimum Gasteiger partial charge on any atom is -0.382 e. The molecule has 90 valence electrons. The van der Waals surface area contributed by atoms with Crippen LogP contribution in [0.1, 0.15) is 39.0 Å². The highest BCUT2D eigenvalue weighted by Gasteiger charge is 2.18. The number of hydrazine groups is 1. The summed E-state index contributed by atoms with van der Waals surface area (Å²) >= 11 is 0. The maximum Gasteiger partial charge on any atom is 0.0576 e. The van der Waals surface area contributed by atoms with Crippen LogP contribution in [0.3, 0.4) is 0 Å². The summed E-state index contributed by atoms with van der Waals surface area (Å²) in [6.07, 6.45) is 6.26. The molecule has 0 aliphatic carbocycles. The van der Waals surface area contributed by atoms with Crippen molar-refractivity contribution in [1.29, 1.82) is 0 Å². The van der Waals surface area contributed by atoms with E-state index in [9.17, 15) is 0 Å². The first-order valence-electron chi connectivity index (χ1n) is 5.86. The summed E-state index contributed by atoms with van der Waals surface area (Å²) in [6, 6.07) is 0.337. The predicted molar refractivity (Wildman–Crippen MR) is 60.4 cm³/mol. The fourth-order valence-electron chi connectivity index (χ4n) is 2.03. The Morgan fingerprint density at radius 1 is 1.60 bits per heavy atom. The third-order valence-corrected chi connectivity index (χ3v) is 3.12. The van der Waals surface area contributed by atoms with E-state index in [0.717, 1.165) is 25.9 Å². The van der Waals surface area contributed by atoms with Gasteiger partial charge in [-0.05, 0) is 39.0 Å². The Kier molecular flexibility index (Phi) is 6.17. The number of nitrogens with two attached hydrogens (primary N) is 1. The Morgan fingerprint density at radius 3 is 2.93 bits per heavy atom. The van der Waals surface area contributed by atoms with Crippen molar-refractivity contribution in [3.8, 4) is 0 Å². The number of hydrogen-bond donors (Lipinski definition) is 2. The molecule has 0 aromatic carbocycles. The van der Waals surface area contributed by atoms with Crippen molar-refractivity contribution >= 4 is 0 Å². The first-order chi connectivity index (χ1) is 7.26. The Bertz CT molecular complexity index is 161. The second kappa shape index (κ2) is 7.17. The maximum absolute atomic E-state index is 5.58. The Labute approximate surface area is 92.5 Å². The van der Waals surface area contributed by atoms with Crippen LogP contribution in [-0.2, 0) is 9.47 Å². The van der Waals surface area contributed by atoms with E-state index in [1.54, 1.807) is 7.11 Å². The van der Waals surface area contributed by atoms with Gasteiger partial charge in [0.25, 0.3) is 0 Å². The zero-order chi connectivity index (χ0) is 11.1. The average Bonchev–Trinajstić information content (AvgIpc) is 2.76. The van der Waals surface area contributed by atoms with Gasteiger partial charge in [0.05, 0.1) is 12.2 Å². The molecule has 1 aliphatic rings. The van der Waals surface area contributed by atoms with Crippen molar-refractivity contribution in [1.82, 2.24) is 5.43 Å². The predicted octanol–water partition coefficient (Wildman–Crippen LogP) is 1.20. The van der Waals surface area contributed by atoms with Gasteiger partial charge in [0.1, 0.15) is 0 Å². The summed E-state index contributed by atoms with van der Waals surface area (Å²) in [5, 5.41) is 0. The Hall–Kier alpha value is -0.160. The first kappa shape index (κ1) is 12.9. The molecule has 4 heteroatoms. The minimum absolute atomic E-state index is 0.260. The highest BCUT2D eigenvalue weighted by molar-refractivity contribution is 4.72. The molecule has 0 bridgehead atoms. The van der Waals surface area contributed by atoms with Crippen molar-refractivity contribution in [2.45, 2.75) is 57.3 Å². The van der Waals surface area contributed by atoms with Gasteiger partial charge in [-0.25, -0.2) is 0 Å². The summed E-state index contributed by atoms with van der Waals surface area (Å²) < 4.78 is 10.8. The van der Waals surface area contributed by atoms with Gasteiger partial charge < -0.3 is 9.47 Å². The van der Waals surface area contributed by atoms with Crippen molar-refractivity contribution in [3.05, 3.63) is 0 Å². The van der Waals surface area contributed by atoms with E-state index < -0.39 is 0 Å². The van der Waals surface area contributed by atoms with Gasteiger partial charge in [0.15, 0.2) is 0 Å². The molecule has 0 saturated carbocycles. The van der Waals surface area contributed by atoms with E-state index >= 15 is 0 Å². The molecule has 15 heavy (non-hydrogen) atoms. The summed E-state index contributed by atoms with van der Waals surface area (Å²) in [6.45, 7) is 3.00. The summed E-state index contributed by atoms with van der Waals surface area (Å²) in [4.78, 5) is 0. The van der Waals surface area contributed by atoms with E-state index in [2.05, 4.69) is 12.3 Å². The molecule has 1 rings (SSSR count). The van der Waals surface area contributed by atoms with Crippen LogP contribution < -0.4 is 11.3 Å². The number of nitrogens with one attached hydrogen (secondary N) is 1. The topological polar surface area (TPSA) is 56.5 Å². The van der Waals surface area contributed by atoms with E-state index in [1.165, 1.54) is 12.8 Å². The highest BCUT2D eigenvalue weighted by Crippen LogP contribution is 2.18. The smallest absolute Gasteiger partial charge is 0.0576 e. The van der Waals surface area contributed by atoms with Gasteiger partial charge in [0.2, 0.25) is 0 Å². The van der Waals surface area contributed by atoms with Crippen molar-refractivity contribution in [3.63, 3.8) is 0 Å². The van der Waals surface area contributed by atoms with Crippen LogP contribution in [0.15, 0.2) is 0 Å². The average molecular weight is 216 g/mol. The van der Waals surface area contributed by atoms with Gasteiger partial charge in [-0.15, -0.1) is 0 Å². The molecule has 0 aromatic rings. The normalized spacial score (nSPS) is 25.4. The van der Waals surface area contributed by atoms with Gasteiger partial charge >= 0.3 is 0 Å². The standard InChI is InChI=1S/C11H24N2O2/c1-9(14-2)8-10(13-12)5-6-11-4-3-7-15-11/h9-11,13H,3-8,12H2,1-2H3. The molecule has 0 spiro atoms. The third kappa shape index (κ3) is 4.93. The molecule has 1 heterocycles. The van der Waals surface area contributed by atoms with Crippen LogP contribution in [0.5, 0.6) is 0 Å². The first-order valence-corrected chi connectivity index (χ1v) is 5.86. The highest BCUT2D eigenvalue weighted by atomic mass is 16.5. The van der Waals surface area contributed by atoms with E-state index in [1.807, 2.05) is 0 Å². The number of hydrogen-bond acceptors (Lipinski definition) is 4. The fourth-order valence-corrected chi connectivity index (χ4v) is 2.03. The van der Waals surface area contributed by atoms with Gasteiger partial charge in [-0.2, -0.15) is 0 Å². The monoisotopic (exact) mass is 216 g/mol. The molecular formula is C11H24N2O2. The molecule has 3 unspecified atom stereocenters. The zero-order valence-electron chi connectivity index (χ0n) is 9.87. The van der Waals surface area contributed by atoms with Crippen LogP contribution in [0.4, 0.5) is 0 Å². The van der Waals surface area contributed by atoms with Crippen LogP contribution >= 0.6 is 0 Å². The maximum atomic E-state index is 5.58. The lowest BCUT2D eigenvalue weighted by atomic mass is 10.0. The summed E-state index contributed by atoms with van der Waals surface area (Å²) in [5.41, 5.74) is 2.86. The molecule has 3 N–H and O–H groups in total. The molecule has 1 saturated heterocycles. The molecule has 4 nitrogen and oxygen atoms in total. The van der Waals surface area contributed by atoms with Gasteiger partial charge in [0, 0.05) is 19.8 Å². The SMILES string of the molecule is COC(C)CC(CCC1CCCO1)NN. The van der Waals surface area contributed by atoms with Gasteiger partial charge in [-0.1, -0.05) is 0 Å². The minimum atomic E-state index is 0.260. The lowest BCUT2D eigenvalue weighted by molar-refractivity contribution is 0.0843. The van der Waals surface area contributed by atoms with Crippen LogP contribution in [0.25, 0.3) is 0 Å². The molecule has 1 fully saturated rings. The quantitative estimate of drug-likeness (QED) is 0.496. The van der Waals surface area contributed by atoms with Crippen molar-refractivity contribution in [2.75, 3.05) is 13.7 Å². The van der Waals surface area contributed by atoms with E-state index in [0.29, 0.717) is 12.1 Å². The number of methoxy groups -OCH3 is 1. The molecule has 0 amide bonds. The van der Waals surface area contributed by atoms with Crippen LogP contribution in [0.2, 0.25) is 0 Å². The Balaban J connectivity index is 2.14. The largest absolute Gasteiger partial charge is 0.382 e. The summed E-state index contributed by atoms with van der Waals surface area (Å²) in [5.74, 6) is 5.51. The van der Waals surface area contributed by atoms with Gasteiger partial charge in [-0.3, -0.25) is 11.3 Å². The molecular weight excluding hydrogens is 192 g/mol. The zero-order valence-corrected chi connectivity index (χ0v) is 9.87. The third-order valence-electron chi connectivity index (χ3n) is 3.12. The molecule has 0 aromatic heterocycles. The fraction of sp³-hybridized carbons (Fsp3) is 1.00. The summed E-state index contributed by atoms with van der Waals surface area (Å²) in [7, 11) is 1.73. The van der Waals surface area contributed by atoms with Crippen molar-refractivity contribution in [2.24, 2.45) is 5.84 Å². The van der Waals surface area contributed by atoms with E-state index in [-0.39, 0.29) is 6.10 Å².